The Bertz CT molecular complexity index is 514. The molecule has 1 aromatic heterocycles. The summed E-state index contributed by atoms with van der Waals surface area (Å²) < 4.78 is 1.70. The molecule has 0 aliphatic carbocycles. The van der Waals surface area contributed by atoms with E-state index in [-0.39, 0.29) is 5.56 Å². The van der Waals surface area contributed by atoms with Crippen molar-refractivity contribution in [3.05, 3.63) is 64.6 Å². The minimum absolute atomic E-state index is 0.0398. The molecule has 0 radical (unpaired) electrons. The summed E-state index contributed by atoms with van der Waals surface area (Å²) in [6.07, 6.45) is 2.64. The first-order chi connectivity index (χ1) is 7.75. The zero-order valence-electron chi connectivity index (χ0n) is 8.97. The van der Waals surface area contributed by atoms with Gasteiger partial charge in [0.05, 0.1) is 0 Å². The zero-order chi connectivity index (χ0) is 11.4. The smallest absolute Gasteiger partial charge is 0.250 e. The van der Waals surface area contributed by atoms with Crippen molar-refractivity contribution in [3.63, 3.8) is 0 Å². The number of benzene rings is 1. The number of aryl methyl sites for hydroxylation is 2. The van der Waals surface area contributed by atoms with Gasteiger partial charge in [-0.05, 0) is 30.2 Å². The Balaban J connectivity index is 2.05. The maximum absolute atomic E-state index is 11.4. The molecule has 0 bridgehead atoms. The van der Waals surface area contributed by atoms with Crippen LogP contribution in [0.1, 0.15) is 5.56 Å². The molecule has 0 spiro atoms. The van der Waals surface area contributed by atoms with E-state index in [1.807, 2.05) is 30.3 Å². The fourth-order valence-electron chi connectivity index (χ4n) is 1.58. The maximum Gasteiger partial charge on any atom is 0.250 e. The highest BCUT2D eigenvalue weighted by Gasteiger charge is 1.96. The molecule has 1 aromatic carbocycles. The van der Waals surface area contributed by atoms with Gasteiger partial charge in [0.15, 0.2) is 0 Å². The Morgan fingerprint density at radius 3 is 2.50 bits per heavy atom. The van der Waals surface area contributed by atoms with E-state index in [0.717, 1.165) is 12.1 Å². The molecule has 0 aliphatic rings. The van der Waals surface area contributed by atoms with E-state index < -0.39 is 0 Å². The van der Waals surface area contributed by atoms with Crippen LogP contribution in [0.3, 0.4) is 0 Å². The average molecular weight is 214 g/mol. The van der Waals surface area contributed by atoms with E-state index >= 15 is 0 Å². The van der Waals surface area contributed by atoms with Crippen LogP contribution in [0.5, 0.6) is 0 Å². The lowest BCUT2D eigenvalue weighted by Crippen LogP contribution is -2.18. The Labute approximate surface area is 94.1 Å². The highest BCUT2D eigenvalue weighted by molar-refractivity contribution is 5.39. The van der Waals surface area contributed by atoms with Gasteiger partial charge in [-0.2, -0.15) is 0 Å². The third-order valence-electron chi connectivity index (χ3n) is 2.52. The van der Waals surface area contributed by atoms with Crippen molar-refractivity contribution in [2.24, 2.45) is 0 Å². The second-order valence-electron chi connectivity index (χ2n) is 3.72. The van der Waals surface area contributed by atoms with Gasteiger partial charge in [-0.15, -0.1) is 0 Å². The van der Waals surface area contributed by atoms with Crippen LogP contribution in [0.4, 0.5) is 5.69 Å². The van der Waals surface area contributed by atoms with Crippen molar-refractivity contribution >= 4 is 5.69 Å². The lowest BCUT2D eigenvalue weighted by atomic mass is 10.1. The molecule has 0 saturated carbocycles. The first-order valence-electron chi connectivity index (χ1n) is 5.25. The third kappa shape index (κ3) is 2.51. The van der Waals surface area contributed by atoms with Crippen LogP contribution in [0.25, 0.3) is 0 Å². The number of hydrogen-bond acceptors (Lipinski definition) is 2. The fraction of sp³-hybridized carbons (Fsp3) is 0.154. The predicted octanol–water partition coefficient (Wildman–Crippen LogP) is 1.67. The number of nitrogen functional groups attached to an aromatic ring is 1. The van der Waals surface area contributed by atoms with Gasteiger partial charge in [0, 0.05) is 24.5 Å². The van der Waals surface area contributed by atoms with Crippen LogP contribution in [-0.4, -0.2) is 4.57 Å². The number of hydrogen-bond donors (Lipinski definition) is 1. The van der Waals surface area contributed by atoms with Gasteiger partial charge in [-0.3, -0.25) is 4.79 Å². The van der Waals surface area contributed by atoms with Crippen LogP contribution in [-0.2, 0) is 13.0 Å². The molecule has 0 amide bonds. The van der Waals surface area contributed by atoms with Crippen LogP contribution in [0.15, 0.2) is 53.5 Å². The standard InChI is InChI=1S/C13H14N2O/c14-12-6-4-11(5-7-12)8-10-15-9-2-1-3-13(15)16/h1-7,9H,8,10,14H2. The maximum atomic E-state index is 11.4. The molecule has 0 atom stereocenters. The van der Waals surface area contributed by atoms with Crippen molar-refractivity contribution in [3.8, 4) is 0 Å². The van der Waals surface area contributed by atoms with Crippen LogP contribution in [0.2, 0.25) is 0 Å². The molecular weight excluding hydrogens is 200 g/mol. The molecule has 2 N–H and O–H groups in total. The van der Waals surface area contributed by atoms with E-state index in [4.69, 9.17) is 5.73 Å². The summed E-state index contributed by atoms with van der Waals surface area (Å²) in [4.78, 5) is 11.4. The molecule has 2 rings (SSSR count). The summed E-state index contributed by atoms with van der Waals surface area (Å²) in [5.74, 6) is 0. The molecule has 0 aliphatic heterocycles. The lowest BCUT2D eigenvalue weighted by Gasteiger charge is -2.05. The minimum Gasteiger partial charge on any atom is -0.399 e. The second-order valence-corrected chi connectivity index (χ2v) is 3.72. The first-order valence-corrected chi connectivity index (χ1v) is 5.25. The Kier molecular flexibility index (Phi) is 3.05. The fourth-order valence-corrected chi connectivity index (χ4v) is 1.58. The highest BCUT2D eigenvalue weighted by Crippen LogP contribution is 2.06. The van der Waals surface area contributed by atoms with Gasteiger partial charge in [-0.1, -0.05) is 18.2 Å². The van der Waals surface area contributed by atoms with Gasteiger partial charge in [0.1, 0.15) is 0 Å². The first kappa shape index (κ1) is 10.5. The second kappa shape index (κ2) is 4.66. The number of nitrogens with two attached hydrogens (primary N) is 1. The summed E-state index contributed by atoms with van der Waals surface area (Å²) in [6.45, 7) is 0.698. The largest absolute Gasteiger partial charge is 0.399 e. The number of rotatable bonds is 3. The highest BCUT2D eigenvalue weighted by atomic mass is 16.1. The summed E-state index contributed by atoms with van der Waals surface area (Å²) in [5.41, 5.74) is 7.59. The Hall–Kier alpha value is -2.03. The Morgan fingerprint density at radius 1 is 1.06 bits per heavy atom. The monoisotopic (exact) mass is 214 g/mol. The third-order valence-corrected chi connectivity index (χ3v) is 2.52. The van der Waals surface area contributed by atoms with E-state index in [2.05, 4.69) is 0 Å². The van der Waals surface area contributed by atoms with Crippen molar-refractivity contribution in [1.82, 2.24) is 4.57 Å². The van der Waals surface area contributed by atoms with Crippen LogP contribution in [0, 0.1) is 0 Å². The molecule has 0 unspecified atom stereocenters. The average Bonchev–Trinajstić information content (AvgIpc) is 2.30. The van der Waals surface area contributed by atoms with E-state index in [1.165, 1.54) is 5.56 Å². The van der Waals surface area contributed by atoms with Crippen molar-refractivity contribution in [2.45, 2.75) is 13.0 Å². The van der Waals surface area contributed by atoms with Gasteiger partial charge in [0.2, 0.25) is 0 Å². The normalized spacial score (nSPS) is 10.2. The summed E-state index contributed by atoms with van der Waals surface area (Å²) in [6, 6.07) is 12.9. The van der Waals surface area contributed by atoms with Crippen LogP contribution >= 0.6 is 0 Å². The van der Waals surface area contributed by atoms with Gasteiger partial charge < -0.3 is 10.3 Å². The van der Waals surface area contributed by atoms with Crippen molar-refractivity contribution < 1.29 is 0 Å². The molecule has 3 heteroatoms. The van der Waals surface area contributed by atoms with Gasteiger partial charge >= 0.3 is 0 Å². The summed E-state index contributed by atoms with van der Waals surface area (Å²) >= 11 is 0. The molecule has 82 valence electrons. The van der Waals surface area contributed by atoms with E-state index in [9.17, 15) is 4.79 Å². The molecular formula is C13H14N2O. The molecule has 0 fully saturated rings. The topological polar surface area (TPSA) is 48.0 Å². The van der Waals surface area contributed by atoms with Gasteiger partial charge in [0.25, 0.3) is 5.56 Å². The predicted molar refractivity (Wildman–Crippen MR) is 65.3 cm³/mol. The molecule has 2 aromatic rings. The lowest BCUT2D eigenvalue weighted by molar-refractivity contribution is 0.669. The SMILES string of the molecule is Nc1ccc(CCn2ccccc2=O)cc1. The summed E-state index contributed by atoms with van der Waals surface area (Å²) in [5, 5.41) is 0. The van der Waals surface area contributed by atoms with Crippen LogP contribution < -0.4 is 11.3 Å². The quantitative estimate of drug-likeness (QED) is 0.790. The molecule has 3 nitrogen and oxygen atoms in total. The molecule has 0 saturated heterocycles. The molecule has 16 heavy (non-hydrogen) atoms. The number of pyridine rings is 1. The number of nitrogens with zero attached hydrogens (tertiary/aromatic N) is 1. The number of anilines is 1. The minimum atomic E-state index is 0.0398. The summed E-state index contributed by atoms with van der Waals surface area (Å²) in [7, 11) is 0. The number of aromatic nitrogens is 1. The van der Waals surface area contributed by atoms with E-state index in [1.54, 1.807) is 22.9 Å². The Morgan fingerprint density at radius 2 is 1.81 bits per heavy atom. The van der Waals surface area contributed by atoms with Crippen molar-refractivity contribution in [1.29, 1.82) is 0 Å². The van der Waals surface area contributed by atoms with Crippen molar-refractivity contribution in [2.75, 3.05) is 5.73 Å². The molecule has 1 heterocycles. The van der Waals surface area contributed by atoms with Gasteiger partial charge in [-0.25, -0.2) is 0 Å². The van der Waals surface area contributed by atoms with E-state index in [0.29, 0.717) is 6.54 Å². The zero-order valence-corrected chi connectivity index (χ0v) is 8.97.